The summed E-state index contributed by atoms with van der Waals surface area (Å²) in [5.41, 5.74) is 0. The molecule has 66 valence electrons. The van der Waals surface area contributed by atoms with Crippen molar-refractivity contribution in [1.82, 2.24) is 0 Å². The van der Waals surface area contributed by atoms with Crippen LogP contribution in [0.3, 0.4) is 0 Å². The third-order valence-electron chi connectivity index (χ3n) is 3.40. The van der Waals surface area contributed by atoms with E-state index in [1.54, 1.807) is 32.1 Å². The fraction of sp³-hybridized carbons (Fsp3) is 1.00. The lowest BCUT2D eigenvalue weighted by atomic mass is 9.65. The molecule has 0 aromatic heterocycles. The first kappa shape index (κ1) is 9.09. The molecule has 0 spiro atoms. The maximum atomic E-state index is 2.44. The summed E-state index contributed by atoms with van der Waals surface area (Å²) < 4.78 is 0. The van der Waals surface area contributed by atoms with Gasteiger partial charge in [-0.3, -0.25) is 0 Å². The van der Waals surface area contributed by atoms with Crippen LogP contribution in [0.2, 0.25) is 0 Å². The zero-order valence-corrected chi connectivity index (χ0v) is 8.27. The Balaban J connectivity index is 0.000000281. The second kappa shape index (κ2) is 4.13. The molecule has 0 radical (unpaired) electrons. The van der Waals surface area contributed by atoms with Crippen molar-refractivity contribution in [3.8, 4) is 0 Å². The summed E-state index contributed by atoms with van der Waals surface area (Å²) in [7, 11) is 0. The zero-order chi connectivity index (χ0) is 8.27. The minimum Gasteiger partial charge on any atom is -0.0683 e. The number of rotatable bonds is 0. The normalized spacial score (nSPS) is 41.2. The molecule has 0 N–H and O–H groups in total. The van der Waals surface area contributed by atoms with Crippen LogP contribution in [-0.2, 0) is 0 Å². The highest BCUT2D eigenvalue weighted by atomic mass is 14.4. The van der Waals surface area contributed by atoms with Gasteiger partial charge in [0.15, 0.2) is 0 Å². The van der Waals surface area contributed by atoms with Crippen LogP contribution in [0, 0.1) is 17.8 Å². The Morgan fingerprint density at radius 1 is 0.909 bits per heavy atom. The van der Waals surface area contributed by atoms with Crippen molar-refractivity contribution in [3.05, 3.63) is 0 Å². The van der Waals surface area contributed by atoms with Gasteiger partial charge in [0, 0.05) is 0 Å². The van der Waals surface area contributed by atoms with Gasteiger partial charge >= 0.3 is 0 Å². The van der Waals surface area contributed by atoms with Crippen LogP contribution in [0.15, 0.2) is 0 Å². The molecule has 0 nitrogen and oxygen atoms in total. The largest absolute Gasteiger partial charge is 0.0683 e. The molecule has 3 aliphatic carbocycles. The lowest BCUT2D eigenvalue weighted by molar-refractivity contribution is 0.111. The van der Waals surface area contributed by atoms with Crippen LogP contribution in [0.1, 0.15) is 52.9 Å². The minimum absolute atomic E-state index is 1.07. The van der Waals surface area contributed by atoms with Crippen LogP contribution in [0.25, 0.3) is 0 Å². The van der Waals surface area contributed by atoms with E-state index in [1.165, 1.54) is 0 Å². The predicted octanol–water partition coefficient (Wildman–Crippen LogP) is 3.86. The maximum absolute atomic E-state index is 2.44. The van der Waals surface area contributed by atoms with Crippen LogP contribution in [-0.4, -0.2) is 0 Å². The van der Waals surface area contributed by atoms with Gasteiger partial charge in [0.1, 0.15) is 0 Å². The van der Waals surface area contributed by atoms with Crippen LogP contribution >= 0.6 is 0 Å². The molecule has 0 amide bonds. The topological polar surface area (TPSA) is 0 Å². The van der Waals surface area contributed by atoms with E-state index in [4.69, 9.17) is 0 Å². The predicted molar refractivity (Wildman–Crippen MR) is 50.6 cm³/mol. The highest BCUT2D eigenvalue weighted by Gasteiger charge is 2.32. The monoisotopic (exact) mass is 154 g/mol. The summed E-state index contributed by atoms with van der Waals surface area (Å²) in [5, 5.41) is 0. The van der Waals surface area contributed by atoms with Crippen LogP contribution in [0.5, 0.6) is 0 Å². The molecule has 0 aliphatic heterocycles. The van der Waals surface area contributed by atoms with Gasteiger partial charge in [-0.25, -0.2) is 0 Å². The SMILES string of the molecule is CC.C[C@@H]1CC2CCC1CC2. The molecule has 2 bridgehead atoms. The van der Waals surface area contributed by atoms with Gasteiger partial charge in [-0.1, -0.05) is 33.6 Å². The second-order valence-corrected chi connectivity index (χ2v) is 3.99. The molecule has 3 fully saturated rings. The molecule has 11 heavy (non-hydrogen) atoms. The standard InChI is InChI=1S/C9H16.C2H6/c1-7-6-8-2-4-9(7)5-3-8;1-2/h7-9H,2-6H2,1H3;1-2H3/t7-,8?,9?;/m1./s1. The molecule has 0 aromatic rings. The number of fused-ring (bicyclic) bond motifs is 3. The molecule has 0 heteroatoms. The first-order valence-electron chi connectivity index (χ1n) is 5.36. The average Bonchev–Trinajstić information content (AvgIpc) is 2.10. The average molecular weight is 154 g/mol. The van der Waals surface area contributed by atoms with E-state index in [0.29, 0.717) is 0 Å². The third kappa shape index (κ3) is 1.98. The quantitative estimate of drug-likeness (QED) is 0.497. The van der Waals surface area contributed by atoms with Crippen molar-refractivity contribution in [3.63, 3.8) is 0 Å². The number of hydrogen-bond donors (Lipinski definition) is 0. The fourth-order valence-corrected chi connectivity index (χ4v) is 2.71. The van der Waals surface area contributed by atoms with Crippen molar-refractivity contribution in [2.75, 3.05) is 0 Å². The van der Waals surface area contributed by atoms with Crippen molar-refractivity contribution in [2.24, 2.45) is 17.8 Å². The Kier molecular flexibility index (Phi) is 3.42. The highest BCUT2D eigenvalue weighted by molar-refractivity contribution is 4.83. The summed E-state index contributed by atoms with van der Waals surface area (Å²) in [6.07, 6.45) is 7.74. The van der Waals surface area contributed by atoms with E-state index in [-0.39, 0.29) is 0 Å². The highest BCUT2D eigenvalue weighted by Crippen LogP contribution is 2.44. The van der Waals surface area contributed by atoms with Gasteiger partial charge in [-0.2, -0.15) is 0 Å². The van der Waals surface area contributed by atoms with Gasteiger partial charge in [0.25, 0.3) is 0 Å². The summed E-state index contributed by atoms with van der Waals surface area (Å²) in [6.45, 7) is 6.44. The van der Waals surface area contributed by atoms with E-state index in [0.717, 1.165) is 17.8 Å². The van der Waals surface area contributed by atoms with Crippen molar-refractivity contribution in [1.29, 1.82) is 0 Å². The molecule has 3 saturated carbocycles. The molecule has 0 unspecified atom stereocenters. The van der Waals surface area contributed by atoms with Gasteiger partial charge < -0.3 is 0 Å². The van der Waals surface area contributed by atoms with Gasteiger partial charge in [-0.05, 0) is 37.0 Å². The van der Waals surface area contributed by atoms with Crippen LogP contribution < -0.4 is 0 Å². The number of hydrogen-bond acceptors (Lipinski definition) is 0. The first-order valence-corrected chi connectivity index (χ1v) is 5.36. The Bertz CT molecular complexity index is 98.6. The maximum Gasteiger partial charge on any atom is -0.0388 e. The van der Waals surface area contributed by atoms with E-state index in [9.17, 15) is 0 Å². The van der Waals surface area contributed by atoms with Crippen molar-refractivity contribution in [2.45, 2.75) is 52.9 Å². The smallest absolute Gasteiger partial charge is 0.0388 e. The van der Waals surface area contributed by atoms with Crippen molar-refractivity contribution < 1.29 is 0 Å². The lowest BCUT2D eigenvalue weighted by Gasteiger charge is -2.40. The molecule has 0 heterocycles. The summed E-state index contributed by atoms with van der Waals surface area (Å²) in [4.78, 5) is 0. The van der Waals surface area contributed by atoms with Gasteiger partial charge in [0.05, 0.1) is 0 Å². The summed E-state index contributed by atoms with van der Waals surface area (Å²) in [6, 6.07) is 0. The molecular weight excluding hydrogens is 132 g/mol. The van der Waals surface area contributed by atoms with E-state index in [1.807, 2.05) is 13.8 Å². The Morgan fingerprint density at radius 3 is 1.64 bits per heavy atom. The summed E-state index contributed by atoms with van der Waals surface area (Å²) in [5.74, 6) is 3.32. The Hall–Kier alpha value is 0. The fourth-order valence-electron chi connectivity index (χ4n) is 2.71. The molecular formula is C11H22. The molecule has 3 rings (SSSR count). The minimum atomic E-state index is 1.07. The molecule has 1 atom stereocenters. The van der Waals surface area contributed by atoms with E-state index in [2.05, 4.69) is 6.92 Å². The summed E-state index contributed by atoms with van der Waals surface area (Å²) >= 11 is 0. The van der Waals surface area contributed by atoms with E-state index >= 15 is 0 Å². The van der Waals surface area contributed by atoms with Gasteiger partial charge in [-0.15, -0.1) is 0 Å². The van der Waals surface area contributed by atoms with Crippen molar-refractivity contribution >= 4 is 0 Å². The zero-order valence-electron chi connectivity index (χ0n) is 8.27. The Labute approximate surface area is 71.4 Å². The molecule has 0 saturated heterocycles. The second-order valence-electron chi connectivity index (χ2n) is 3.99. The Morgan fingerprint density at radius 2 is 1.45 bits per heavy atom. The first-order chi connectivity index (χ1) is 5.36. The van der Waals surface area contributed by atoms with E-state index < -0.39 is 0 Å². The van der Waals surface area contributed by atoms with Crippen LogP contribution in [0.4, 0.5) is 0 Å². The molecule has 0 aromatic carbocycles. The third-order valence-corrected chi connectivity index (χ3v) is 3.40. The molecule has 3 aliphatic rings. The van der Waals surface area contributed by atoms with Gasteiger partial charge in [0.2, 0.25) is 0 Å². The lowest BCUT2D eigenvalue weighted by Crippen LogP contribution is -2.29.